The molecule has 7 nitrogen and oxygen atoms in total. The van der Waals surface area contributed by atoms with Gasteiger partial charge in [-0.05, 0) is 50.6 Å². The SMILES string of the molecule is CC(C)(C)NC(=O)N1CCn2cccc2C1c1ccc([N+](=O)[O-])cc1. The van der Waals surface area contributed by atoms with E-state index in [1.54, 1.807) is 17.0 Å². The second kappa shape index (κ2) is 6.23. The molecule has 1 unspecified atom stereocenters. The lowest BCUT2D eigenvalue weighted by Crippen LogP contribution is -2.52. The molecule has 0 radical (unpaired) electrons. The summed E-state index contributed by atoms with van der Waals surface area (Å²) in [5.74, 6) is 0. The van der Waals surface area contributed by atoms with Gasteiger partial charge in [0.25, 0.3) is 5.69 Å². The standard InChI is InChI=1S/C18H22N4O3/c1-18(2,3)19-17(23)21-12-11-20-10-4-5-15(20)16(21)13-6-8-14(9-7-13)22(24)25/h4-10,16H,11-12H2,1-3H3,(H,19,23). The number of rotatable bonds is 2. The van der Waals surface area contributed by atoms with Crippen LogP contribution in [0.5, 0.6) is 0 Å². The van der Waals surface area contributed by atoms with Gasteiger partial charge in [0.2, 0.25) is 0 Å². The summed E-state index contributed by atoms with van der Waals surface area (Å²) in [5, 5.41) is 13.9. The highest BCUT2D eigenvalue weighted by Gasteiger charge is 2.33. The number of hydrogen-bond acceptors (Lipinski definition) is 3. The van der Waals surface area contributed by atoms with Crippen LogP contribution in [0, 0.1) is 10.1 Å². The Morgan fingerprint density at radius 3 is 2.48 bits per heavy atom. The lowest BCUT2D eigenvalue weighted by molar-refractivity contribution is -0.384. The molecule has 7 heteroatoms. The van der Waals surface area contributed by atoms with Gasteiger partial charge in [-0.25, -0.2) is 4.79 Å². The predicted molar refractivity (Wildman–Crippen MR) is 94.4 cm³/mol. The Bertz CT molecular complexity index is 789. The second-order valence-electron chi connectivity index (χ2n) is 7.25. The molecule has 25 heavy (non-hydrogen) atoms. The molecule has 1 aromatic carbocycles. The Kier molecular flexibility index (Phi) is 4.24. The minimum absolute atomic E-state index is 0.0423. The predicted octanol–water partition coefficient (Wildman–Crippen LogP) is 3.31. The first-order chi connectivity index (χ1) is 11.8. The summed E-state index contributed by atoms with van der Waals surface area (Å²) in [6.45, 7) is 7.13. The van der Waals surface area contributed by atoms with Crippen LogP contribution in [0.3, 0.4) is 0 Å². The Morgan fingerprint density at radius 2 is 1.88 bits per heavy atom. The van der Waals surface area contributed by atoms with Gasteiger partial charge < -0.3 is 14.8 Å². The number of carbonyl (C=O) groups excluding carboxylic acids is 1. The summed E-state index contributed by atoms with van der Waals surface area (Å²) in [5.41, 5.74) is 1.57. The van der Waals surface area contributed by atoms with E-state index in [4.69, 9.17) is 0 Å². The number of urea groups is 1. The third-order valence-corrected chi connectivity index (χ3v) is 4.20. The van der Waals surface area contributed by atoms with Crippen LogP contribution in [0.25, 0.3) is 0 Å². The number of aromatic nitrogens is 1. The zero-order valence-corrected chi connectivity index (χ0v) is 14.6. The van der Waals surface area contributed by atoms with Gasteiger partial charge in [-0.2, -0.15) is 0 Å². The molecule has 0 bridgehead atoms. The van der Waals surface area contributed by atoms with Crippen molar-refractivity contribution in [1.29, 1.82) is 0 Å². The van der Waals surface area contributed by atoms with Crippen molar-refractivity contribution in [2.45, 2.75) is 38.9 Å². The minimum atomic E-state index is -0.419. The zero-order valence-electron chi connectivity index (χ0n) is 14.6. The fraction of sp³-hybridized carbons (Fsp3) is 0.389. The summed E-state index contributed by atoms with van der Waals surface area (Å²) in [6, 6.07) is 9.96. The molecule has 132 valence electrons. The maximum absolute atomic E-state index is 12.8. The number of benzene rings is 1. The molecule has 0 saturated carbocycles. The molecule has 2 aromatic rings. The molecular weight excluding hydrogens is 320 g/mol. The van der Waals surface area contributed by atoms with Crippen molar-refractivity contribution < 1.29 is 9.72 Å². The van der Waals surface area contributed by atoms with Gasteiger partial charge in [-0.15, -0.1) is 0 Å². The normalized spacial score (nSPS) is 17.1. The molecule has 0 fully saturated rings. The molecule has 1 aliphatic heterocycles. The van der Waals surface area contributed by atoms with E-state index in [9.17, 15) is 14.9 Å². The van der Waals surface area contributed by atoms with Crippen molar-refractivity contribution in [3.63, 3.8) is 0 Å². The first kappa shape index (κ1) is 17.0. The average Bonchev–Trinajstić information content (AvgIpc) is 3.00. The molecule has 2 heterocycles. The number of nitrogens with one attached hydrogen (secondary N) is 1. The lowest BCUT2D eigenvalue weighted by Gasteiger charge is -2.38. The van der Waals surface area contributed by atoms with E-state index in [1.165, 1.54) is 12.1 Å². The van der Waals surface area contributed by atoms with E-state index in [2.05, 4.69) is 9.88 Å². The summed E-state index contributed by atoms with van der Waals surface area (Å²) in [4.78, 5) is 25.1. The van der Waals surface area contributed by atoms with Crippen LogP contribution in [0.15, 0.2) is 42.6 Å². The Hall–Kier alpha value is -2.83. The molecule has 1 aromatic heterocycles. The van der Waals surface area contributed by atoms with E-state index < -0.39 is 4.92 Å². The van der Waals surface area contributed by atoms with Crippen LogP contribution in [-0.4, -0.2) is 32.5 Å². The highest BCUT2D eigenvalue weighted by molar-refractivity contribution is 5.76. The van der Waals surface area contributed by atoms with E-state index in [-0.39, 0.29) is 23.3 Å². The van der Waals surface area contributed by atoms with Gasteiger partial charge in [-0.1, -0.05) is 0 Å². The maximum Gasteiger partial charge on any atom is 0.318 e. The smallest absolute Gasteiger partial charge is 0.318 e. The topological polar surface area (TPSA) is 80.4 Å². The second-order valence-corrected chi connectivity index (χ2v) is 7.25. The van der Waals surface area contributed by atoms with Crippen molar-refractivity contribution in [2.75, 3.05) is 6.54 Å². The summed E-state index contributed by atoms with van der Waals surface area (Å²) < 4.78 is 2.12. The summed E-state index contributed by atoms with van der Waals surface area (Å²) in [7, 11) is 0. The van der Waals surface area contributed by atoms with Gasteiger partial charge in [0, 0.05) is 42.7 Å². The number of nitro benzene ring substituents is 1. The maximum atomic E-state index is 12.8. The molecule has 1 aliphatic rings. The van der Waals surface area contributed by atoms with E-state index in [1.807, 2.05) is 39.1 Å². The Morgan fingerprint density at radius 1 is 1.20 bits per heavy atom. The fourth-order valence-corrected chi connectivity index (χ4v) is 3.12. The average molecular weight is 342 g/mol. The zero-order chi connectivity index (χ0) is 18.2. The molecule has 1 N–H and O–H groups in total. The number of hydrogen-bond donors (Lipinski definition) is 1. The number of non-ortho nitro benzene ring substituents is 1. The highest BCUT2D eigenvalue weighted by Crippen LogP contribution is 2.33. The Labute approximate surface area is 146 Å². The first-order valence-corrected chi connectivity index (χ1v) is 8.24. The first-order valence-electron chi connectivity index (χ1n) is 8.24. The van der Waals surface area contributed by atoms with E-state index >= 15 is 0 Å². The quantitative estimate of drug-likeness (QED) is 0.671. The van der Waals surface area contributed by atoms with E-state index in [0.717, 1.165) is 17.8 Å². The summed E-state index contributed by atoms with van der Waals surface area (Å²) in [6.07, 6.45) is 1.99. The molecule has 3 rings (SSSR count). The largest absolute Gasteiger partial charge is 0.348 e. The molecular formula is C18H22N4O3. The third-order valence-electron chi connectivity index (χ3n) is 4.20. The van der Waals surface area contributed by atoms with Gasteiger partial charge in [0.15, 0.2) is 0 Å². The highest BCUT2D eigenvalue weighted by atomic mass is 16.6. The van der Waals surface area contributed by atoms with Crippen molar-refractivity contribution in [1.82, 2.24) is 14.8 Å². The number of amides is 2. The van der Waals surface area contributed by atoms with Gasteiger partial charge in [0.1, 0.15) is 0 Å². The molecule has 1 atom stereocenters. The number of fused-ring (bicyclic) bond motifs is 1. The number of carbonyl (C=O) groups is 1. The lowest BCUT2D eigenvalue weighted by atomic mass is 9.99. The Balaban J connectivity index is 1.98. The van der Waals surface area contributed by atoms with Crippen LogP contribution in [0.4, 0.5) is 10.5 Å². The van der Waals surface area contributed by atoms with Crippen LogP contribution in [0.1, 0.15) is 38.1 Å². The van der Waals surface area contributed by atoms with Crippen LogP contribution < -0.4 is 5.32 Å². The van der Waals surface area contributed by atoms with Crippen molar-refractivity contribution in [3.05, 3.63) is 64.0 Å². The monoisotopic (exact) mass is 342 g/mol. The number of nitro groups is 1. The molecule has 2 amide bonds. The van der Waals surface area contributed by atoms with Gasteiger partial charge >= 0.3 is 6.03 Å². The van der Waals surface area contributed by atoms with E-state index in [0.29, 0.717) is 6.54 Å². The molecule has 0 saturated heterocycles. The van der Waals surface area contributed by atoms with Gasteiger partial charge in [-0.3, -0.25) is 10.1 Å². The minimum Gasteiger partial charge on any atom is -0.348 e. The summed E-state index contributed by atoms with van der Waals surface area (Å²) >= 11 is 0. The fourth-order valence-electron chi connectivity index (χ4n) is 3.12. The van der Waals surface area contributed by atoms with Crippen molar-refractivity contribution in [2.24, 2.45) is 0 Å². The van der Waals surface area contributed by atoms with Crippen molar-refractivity contribution >= 4 is 11.7 Å². The van der Waals surface area contributed by atoms with Crippen LogP contribution >= 0.6 is 0 Å². The number of nitrogens with zero attached hydrogens (tertiary/aromatic N) is 3. The molecule has 0 spiro atoms. The van der Waals surface area contributed by atoms with Crippen LogP contribution in [-0.2, 0) is 6.54 Å². The van der Waals surface area contributed by atoms with Crippen molar-refractivity contribution in [3.8, 4) is 0 Å². The van der Waals surface area contributed by atoms with Crippen LogP contribution in [0.2, 0.25) is 0 Å². The third kappa shape index (κ3) is 3.50. The van der Waals surface area contributed by atoms with Gasteiger partial charge in [0.05, 0.1) is 11.0 Å². The molecule has 0 aliphatic carbocycles.